The first kappa shape index (κ1) is 15.8. The summed E-state index contributed by atoms with van der Waals surface area (Å²) in [4.78, 5) is 0. The summed E-state index contributed by atoms with van der Waals surface area (Å²) in [6.07, 6.45) is 7.63. The molecule has 0 spiro atoms. The Morgan fingerprint density at radius 3 is 2.69 bits per heavy atom. The van der Waals surface area contributed by atoms with Crippen LogP contribution in [0.2, 0.25) is 5.02 Å². The minimum Gasteiger partial charge on any atom is -0.378 e. The van der Waals surface area contributed by atoms with E-state index in [1.807, 2.05) is 6.07 Å². The fourth-order valence-corrected chi connectivity index (χ4v) is 7.16. The Balaban J connectivity index is 1.50. The first-order valence-corrected chi connectivity index (χ1v) is 10.9. The Morgan fingerprint density at radius 2 is 1.85 bits per heavy atom. The van der Waals surface area contributed by atoms with Gasteiger partial charge in [-0.2, -0.15) is 0 Å². The maximum absolute atomic E-state index is 6.41. The molecule has 26 heavy (non-hydrogen) atoms. The van der Waals surface area contributed by atoms with Crippen molar-refractivity contribution in [1.29, 1.82) is 0 Å². The van der Waals surface area contributed by atoms with E-state index < -0.39 is 0 Å². The third-order valence-corrected chi connectivity index (χ3v) is 8.28. The first-order valence-electron chi connectivity index (χ1n) is 9.69. The van der Waals surface area contributed by atoms with Gasteiger partial charge in [-0.3, -0.25) is 0 Å². The van der Waals surface area contributed by atoms with Gasteiger partial charge in [0.25, 0.3) is 0 Å². The molecule has 0 radical (unpaired) electrons. The van der Waals surface area contributed by atoms with Crippen molar-refractivity contribution < 1.29 is 0 Å². The molecule has 3 heteroatoms. The summed E-state index contributed by atoms with van der Waals surface area (Å²) in [6, 6.07) is 15.8. The highest BCUT2D eigenvalue weighted by Gasteiger charge is 2.61. The number of benzene rings is 2. The highest BCUT2D eigenvalue weighted by molar-refractivity contribution is 9.10. The maximum atomic E-state index is 6.41. The molecule has 0 aromatic heterocycles. The van der Waals surface area contributed by atoms with Crippen molar-refractivity contribution in [1.82, 2.24) is 0 Å². The number of hydrogen-bond acceptors (Lipinski definition) is 1. The van der Waals surface area contributed by atoms with Gasteiger partial charge in [-0.05, 0) is 89.8 Å². The van der Waals surface area contributed by atoms with Gasteiger partial charge in [-0.15, -0.1) is 0 Å². The molecule has 0 unspecified atom stereocenters. The predicted octanol–water partition coefficient (Wildman–Crippen LogP) is 6.81. The number of halogens is 2. The third kappa shape index (κ3) is 2.09. The lowest BCUT2D eigenvalue weighted by Crippen LogP contribution is -2.40. The normalized spacial score (nSPS) is 38.6. The lowest BCUT2D eigenvalue weighted by Gasteiger charge is -2.47. The maximum Gasteiger partial charge on any atom is 0.0550 e. The Labute approximate surface area is 168 Å². The molecule has 3 aliphatic carbocycles. The number of anilines is 1. The van der Waals surface area contributed by atoms with Crippen molar-refractivity contribution in [2.24, 2.45) is 29.6 Å². The summed E-state index contributed by atoms with van der Waals surface area (Å²) in [7, 11) is 0. The molecule has 2 bridgehead atoms. The third-order valence-electron chi connectivity index (χ3n) is 7.52. The van der Waals surface area contributed by atoms with Crippen molar-refractivity contribution in [3.63, 3.8) is 0 Å². The molecular formula is C23H21BrClN. The number of nitrogens with one attached hydrogen (secondary N) is 1. The first-order chi connectivity index (χ1) is 12.7. The molecule has 1 heterocycles. The van der Waals surface area contributed by atoms with Crippen molar-refractivity contribution in [2.75, 3.05) is 5.32 Å². The molecule has 2 fully saturated rings. The monoisotopic (exact) mass is 425 g/mol. The topological polar surface area (TPSA) is 12.0 Å². The van der Waals surface area contributed by atoms with Crippen LogP contribution in [0.4, 0.5) is 5.69 Å². The molecular weight excluding hydrogens is 406 g/mol. The van der Waals surface area contributed by atoms with E-state index in [2.05, 4.69) is 69.8 Å². The average molecular weight is 427 g/mol. The zero-order valence-electron chi connectivity index (χ0n) is 14.4. The SMILES string of the molecule is Clc1ccc2c(c1)[C@H]1[C@H]3C[C@H]([C@@H]4C=CC[C@@H]43)[C@H]1[C@H](c1ccc(Br)cc1)N2. The minimum atomic E-state index is 0.395. The second kappa shape index (κ2) is 5.62. The van der Waals surface area contributed by atoms with Crippen LogP contribution in [0.5, 0.6) is 0 Å². The van der Waals surface area contributed by atoms with Gasteiger partial charge in [0, 0.05) is 15.2 Å². The minimum absolute atomic E-state index is 0.395. The fourth-order valence-electron chi connectivity index (χ4n) is 6.71. The van der Waals surface area contributed by atoms with Crippen LogP contribution in [0.3, 0.4) is 0 Å². The van der Waals surface area contributed by atoms with Gasteiger partial charge < -0.3 is 5.32 Å². The van der Waals surface area contributed by atoms with Gasteiger partial charge in [-0.25, -0.2) is 0 Å². The summed E-state index contributed by atoms with van der Waals surface area (Å²) in [5.41, 5.74) is 4.17. The summed E-state index contributed by atoms with van der Waals surface area (Å²) < 4.78 is 1.15. The Morgan fingerprint density at radius 1 is 1.00 bits per heavy atom. The molecule has 0 saturated heterocycles. The lowest BCUT2D eigenvalue weighted by molar-refractivity contribution is 0.156. The van der Waals surface area contributed by atoms with Crippen LogP contribution in [0.15, 0.2) is 59.1 Å². The van der Waals surface area contributed by atoms with Crippen molar-refractivity contribution in [2.45, 2.75) is 24.8 Å². The van der Waals surface area contributed by atoms with E-state index in [1.165, 1.54) is 29.7 Å². The molecule has 4 aliphatic rings. The van der Waals surface area contributed by atoms with E-state index in [4.69, 9.17) is 11.6 Å². The standard InChI is InChI=1S/C23H21BrClN/c24-13-6-4-12(5-7-13)23-22-18-11-17(15-2-1-3-16(15)18)21(22)19-10-14(25)8-9-20(19)26-23/h1,3-10,15-18,21-23,26H,2,11H2/t15-,16+,17-,18+,21+,22+,23-/m0/s1. The summed E-state index contributed by atoms with van der Waals surface area (Å²) in [5.74, 6) is 4.56. The van der Waals surface area contributed by atoms with E-state index in [9.17, 15) is 0 Å². The van der Waals surface area contributed by atoms with Crippen LogP contribution in [-0.2, 0) is 0 Å². The smallest absolute Gasteiger partial charge is 0.0550 e. The second-order valence-corrected chi connectivity index (χ2v) is 9.83. The molecule has 1 nitrogen and oxygen atoms in total. The largest absolute Gasteiger partial charge is 0.378 e. The van der Waals surface area contributed by atoms with Crippen LogP contribution < -0.4 is 5.32 Å². The molecule has 1 N–H and O–H groups in total. The zero-order chi connectivity index (χ0) is 17.4. The van der Waals surface area contributed by atoms with E-state index in [1.54, 1.807) is 0 Å². The van der Waals surface area contributed by atoms with Crippen LogP contribution in [0.25, 0.3) is 0 Å². The number of rotatable bonds is 1. The van der Waals surface area contributed by atoms with Gasteiger partial charge in [-0.1, -0.05) is 51.8 Å². The second-order valence-electron chi connectivity index (χ2n) is 8.48. The van der Waals surface area contributed by atoms with Crippen LogP contribution in [-0.4, -0.2) is 0 Å². The molecule has 2 aromatic carbocycles. The van der Waals surface area contributed by atoms with E-state index in [0.717, 1.165) is 33.2 Å². The van der Waals surface area contributed by atoms with Gasteiger partial charge in [0.1, 0.15) is 0 Å². The van der Waals surface area contributed by atoms with Crippen LogP contribution in [0, 0.1) is 29.6 Å². The number of hydrogen-bond donors (Lipinski definition) is 1. The Kier molecular flexibility index (Phi) is 3.41. The van der Waals surface area contributed by atoms with Crippen molar-refractivity contribution in [3.05, 3.63) is 75.2 Å². The quantitative estimate of drug-likeness (QED) is 0.494. The molecule has 132 valence electrons. The Hall–Kier alpha value is -1.25. The van der Waals surface area contributed by atoms with Gasteiger partial charge in [0.05, 0.1) is 6.04 Å². The van der Waals surface area contributed by atoms with Gasteiger partial charge in [0.2, 0.25) is 0 Å². The van der Waals surface area contributed by atoms with Gasteiger partial charge >= 0.3 is 0 Å². The van der Waals surface area contributed by atoms with E-state index in [-0.39, 0.29) is 0 Å². The lowest BCUT2D eigenvalue weighted by atomic mass is 9.62. The number of allylic oxidation sites excluding steroid dienone is 2. The summed E-state index contributed by atoms with van der Waals surface area (Å²) >= 11 is 9.99. The summed E-state index contributed by atoms with van der Waals surface area (Å²) in [6.45, 7) is 0. The van der Waals surface area contributed by atoms with Crippen molar-refractivity contribution in [3.8, 4) is 0 Å². The van der Waals surface area contributed by atoms with E-state index >= 15 is 0 Å². The highest BCUT2D eigenvalue weighted by atomic mass is 79.9. The summed E-state index contributed by atoms with van der Waals surface area (Å²) in [5, 5.41) is 4.77. The number of fused-ring (bicyclic) bond motifs is 10. The molecule has 1 aliphatic heterocycles. The molecule has 2 saturated carbocycles. The molecule has 2 aromatic rings. The van der Waals surface area contributed by atoms with E-state index in [0.29, 0.717) is 17.9 Å². The molecule has 0 amide bonds. The Bertz CT molecular complexity index is 905. The van der Waals surface area contributed by atoms with Crippen molar-refractivity contribution >= 4 is 33.2 Å². The average Bonchev–Trinajstić information content (AvgIpc) is 3.34. The van der Waals surface area contributed by atoms with Gasteiger partial charge in [0.15, 0.2) is 0 Å². The predicted molar refractivity (Wildman–Crippen MR) is 111 cm³/mol. The highest BCUT2D eigenvalue weighted by Crippen LogP contribution is 2.69. The molecule has 7 atom stereocenters. The van der Waals surface area contributed by atoms with Crippen LogP contribution in [0.1, 0.15) is 35.9 Å². The fraction of sp³-hybridized carbons (Fsp3) is 0.391. The zero-order valence-corrected chi connectivity index (χ0v) is 16.7. The van der Waals surface area contributed by atoms with Crippen LogP contribution >= 0.6 is 27.5 Å². The molecule has 6 rings (SSSR count).